The minimum Gasteiger partial charge on any atom is -0.507 e. The number of aliphatic hydroxyl groups is 1. The second kappa shape index (κ2) is 8.93. The first kappa shape index (κ1) is 22.6. The molecule has 1 unspecified atom stereocenters. The molecule has 1 aliphatic rings. The van der Waals surface area contributed by atoms with E-state index in [0.29, 0.717) is 35.5 Å². The normalized spacial score (nSPS) is 18.3. The smallest absolute Gasteiger partial charge is 0.295 e. The van der Waals surface area contributed by atoms with Crippen LogP contribution in [0.3, 0.4) is 0 Å². The van der Waals surface area contributed by atoms with Crippen molar-refractivity contribution >= 4 is 17.4 Å². The first-order chi connectivity index (χ1) is 14.7. The minimum absolute atomic E-state index is 0.0855. The maximum Gasteiger partial charge on any atom is 0.295 e. The van der Waals surface area contributed by atoms with Gasteiger partial charge in [-0.15, -0.1) is 0 Å². The average Bonchev–Trinajstić information content (AvgIpc) is 3.13. The molecule has 1 N–H and O–H groups in total. The maximum atomic E-state index is 13.1. The molecular formula is C23H30N4O4. The number of carbonyl (C=O) groups is 2. The molecule has 166 valence electrons. The minimum atomic E-state index is -0.698. The molecule has 8 nitrogen and oxygen atoms in total. The van der Waals surface area contributed by atoms with E-state index in [-0.39, 0.29) is 11.3 Å². The number of aromatic nitrogens is 2. The predicted molar refractivity (Wildman–Crippen MR) is 118 cm³/mol. The molecule has 31 heavy (non-hydrogen) atoms. The van der Waals surface area contributed by atoms with Crippen LogP contribution in [-0.4, -0.2) is 70.7 Å². The third-order valence-corrected chi connectivity index (χ3v) is 5.70. The molecule has 0 saturated carbocycles. The molecule has 1 aromatic carbocycles. The van der Waals surface area contributed by atoms with Crippen molar-refractivity contribution in [1.82, 2.24) is 19.6 Å². The van der Waals surface area contributed by atoms with Crippen LogP contribution in [0.4, 0.5) is 0 Å². The van der Waals surface area contributed by atoms with Crippen molar-refractivity contribution in [2.24, 2.45) is 7.05 Å². The maximum absolute atomic E-state index is 13.1. The molecule has 1 aromatic heterocycles. The van der Waals surface area contributed by atoms with Gasteiger partial charge in [0.25, 0.3) is 11.7 Å². The van der Waals surface area contributed by atoms with Gasteiger partial charge in [-0.3, -0.25) is 14.3 Å². The van der Waals surface area contributed by atoms with Gasteiger partial charge in [0.05, 0.1) is 30.0 Å². The van der Waals surface area contributed by atoms with Crippen molar-refractivity contribution in [3.8, 4) is 5.75 Å². The first-order valence-electron chi connectivity index (χ1n) is 10.2. The molecule has 8 heteroatoms. The topological polar surface area (TPSA) is 87.9 Å². The third-order valence-electron chi connectivity index (χ3n) is 5.70. The largest absolute Gasteiger partial charge is 0.507 e. The van der Waals surface area contributed by atoms with E-state index in [4.69, 9.17) is 4.74 Å². The molecular weight excluding hydrogens is 396 g/mol. The van der Waals surface area contributed by atoms with Gasteiger partial charge < -0.3 is 19.6 Å². The second-order valence-corrected chi connectivity index (χ2v) is 8.10. The van der Waals surface area contributed by atoms with E-state index >= 15 is 0 Å². The van der Waals surface area contributed by atoms with Gasteiger partial charge in [0, 0.05) is 19.3 Å². The van der Waals surface area contributed by atoms with Gasteiger partial charge in [-0.2, -0.15) is 5.10 Å². The number of Topliss-reactive ketones (excluding diaryl/α,β-unsaturated/α-hetero) is 1. The number of methoxy groups -OCH3 is 1. The van der Waals surface area contributed by atoms with E-state index in [2.05, 4.69) is 5.10 Å². The summed E-state index contributed by atoms with van der Waals surface area (Å²) in [7, 11) is 7.26. The van der Waals surface area contributed by atoms with Gasteiger partial charge in [-0.1, -0.05) is 12.1 Å². The standard InChI is InChI=1S/C23H30N4O4/c1-14-18(15(2)26(5)24-14)21(28)19-20(16-9-7-10-17(13-16)31-6)27(23(30)22(19)29)12-8-11-25(3)4/h7,9-10,13,20,28H,8,11-12H2,1-6H3. The van der Waals surface area contributed by atoms with Crippen molar-refractivity contribution in [3.63, 3.8) is 0 Å². The van der Waals surface area contributed by atoms with Gasteiger partial charge in [0.1, 0.15) is 11.5 Å². The number of hydrogen-bond donors (Lipinski definition) is 1. The van der Waals surface area contributed by atoms with Crippen LogP contribution in [0.25, 0.3) is 5.76 Å². The fourth-order valence-corrected chi connectivity index (χ4v) is 4.08. The zero-order chi connectivity index (χ0) is 22.9. The summed E-state index contributed by atoms with van der Waals surface area (Å²) in [5, 5.41) is 15.6. The van der Waals surface area contributed by atoms with Crippen LogP contribution in [0.15, 0.2) is 29.8 Å². The molecule has 1 fully saturated rings. The Bertz CT molecular complexity index is 1040. The van der Waals surface area contributed by atoms with Crippen molar-refractivity contribution in [3.05, 3.63) is 52.4 Å². The number of aryl methyl sites for hydroxylation is 2. The van der Waals surface area contributed by atoms with Gasteiger partial charge in [-0.25, -0.2) is 0 Å². The second-order valence-electron chi connectivity index (χ2n) is 8.10. The zero-order valence-corrected chi connectivity index (χ0v) is 19.0. The fraction of sp³-hybridized carbons (Fsp3) is 0.435. The summed E-state index contributed by atoms with van der Waals surface area (Å²) >= 11 is 0. The molecule has 0 radical (unpaired) electrons. The summed E-state index contributed by atoms with van der Waals surface area (Å²) in [6, 6.07) is 6.56. The summed E-state index contributed by atoms with van der Waals surface area (Å²) in [6.45, 7) is 4.76. The van der Waals surface area contributed by atoms with Crippen LogP contribution < -0.4 is 4.74 Å². The summed E-state index contributed by atoms with van der Waals surface area (Å²) in [5.41, 5.74) is 2.60. The lowest BCUT2D eigenvalue weighted by atomic mass is 9.94. The molecule has 1 atom stereocenters. The Kier molecular flexibility index (Phi) is 6.50. The lowest BCUT2D eigenvalue weighted by molar-refractivity contribution is -0.139. The quantitative estimate of drug-likeness (QED) is 0.416. The number of likely N-dealkylation sites (tertiary alicyclic amines) is 1. The zero-order valence-electron chi connectivity index (χ0n) is 19.0. The number of carbonyl (C=O) groups excluding carboxylic acids is 2. The molecule has 1 saturated heterocycles. The molecule has 3 rings (SSSR count). The lowest BCUT2D eigenvalue weighted by Gasteiger charge is -2.26. The van der Waals surface area contributed by atoms with Crippen LogP contribution in [-0.2, 0) is 16.6 Å². The number of benzene rings is 1. The van der Waals surface area contributed by atoms with Crippen LogP contribution >= 0.6 is 0 Å². The fourth-order valence-electron chi connectivity index (χ4n) is 4.08. The summed E-state index contributed by atoms with van der Waals surface area (Å²) in [4.78, 5) is 29.7. The molecule has 1 aliphatic heterocycles. The predicted octanol–water partition coefficient (Wildman–Crippen LogP) is 2.42. The number of aliphatic hydroxyl groups excluding tert-OH is 1. The Morgan fingerprint density at radius 1 is 1.26 bits per heavy atom. The highest BCUT2D eigenvalue weighted by atomic mass is 16.5. The number of hydrogen-bond acceptors (Lipinski definition) is 6. The first-order valence-corrected chi connectivity index (χ1v) is 10.2. The highest BCUT2D eigenvalue weighted by Gasteiger charge is 2.46. The summed E-state index contributed by atoms with van der Waals surface area (Å²) in [6.07, 6.45) is 0.700. The Balaban J connectivity index is 2.17. The van der Waals surface area contributed by atoms with E-state index in [9.17, 15) is 14.7 Å². The Morgan fingerprint density at radius 2 is 1.97 bits per heavy atom. The summed E-state index contributed by atoms with van der Waals surface area (Å²) < 4.78 is 7.00. The van der Waals surface area contributed by atoms with E-state index in [1.165, 1.54) is 0 Å². The molecule has 2 heterocycles. The van der Waals surface area contributed by atoms with Crippen molar-refractivity contribution < 1.29 is 19.4 Å². The van der Waals surface area contributed by atoms with Crippen LogP contribution in [0.2, 0.25) is 0 Å². The van der Waals surface area contributed by atoms with E-state index in [1.807, 2.05) is 38.1 Å². The van der Waals surface area contributed by atoms with Gasteiger partial charge in [0.2, 0.25) is 0 Å². The van der Waals surface area contributed by atoms with Crippen LogP contribution in [0, 0.1) is 13.8 Å². The molecule has 2 aromatic rings. The number of nitrogens with zero attached hydrogens (tertiary/aromatic N) is 4. The molecule has 0 spiro atoms. The van der Waals surface area contributed by atoms with Crippen LogP contribution in [0.5, 0.6) is 5.75 Å². The van der Waals surface area contributed by atoms with Gasteiger partial charge in [-0.05, 0) is 58.6 Å². The van der Waals surface area contributed by atoms with E-state index in [1.54, 1.807) is 42.8 Å². The monoisotopic (exact) mass is 426 g/mol. The number of ketones is 1. The van der Waals surface area contributed by atoms with Crippen LogP contribution in [0.1, 0.15) is 35.0 Å². The molecule has 0 bridgehead atoms. The molecule has 1 amide bonds. The Morgan fingerprint density at radius 3 is 2.55 bits per heavy atom. The van der Waals surface area contributed by atoms with Crippen molar-refractivity contribution in [1.29, 1.82) is 0 Å². The number of ether oxygens (including phenoxy) is 1. The average molecular weight is 427 g/mol. The highest BCUT2D eigenvalue weighted by molar-refractivity contribution is 6.46. The highest BCUT2D eigenvalue weighted by Crippen LogP contribution is 2.41. The summed E-state index contributed by atoms with van der Waals surface area (Å²) in [5.74, 6) is -0.861. The van der Waals surface area contributed by atoms with Crippen molar-refractivity contribution in [2.75, 3.05) is 34.3 Å². The SMILES string of the molecule is COc1cccc(C2C(=C(O)c3c(C)nn(C)c3C)C(=O)C(=O)N2CCCN(C)C)c1. The Labute approximate surface area is 182 Å². The van der Waals surface area contributed by atoms with Gasteiger partial charge >= 0.3 is 0 Å². The van der Waals surface area contributed by atoms with Crippen molar-refractivity contribution in [2.45, 2.75) is 26.3 Å². The molecule has 0 aliphatic carbocycles. The van der Waals surface area contributed by atoms with Gasteiger partial charge in [0.15, 0.2) is 0 Å². The lowest BCUT2D eigenvalue weighted by Crippen LogP contribution is -2.32. The number of amides is 1. The Hall–Kier alpha value is -3.13. The third kappa shape index (κ3) is 4.20. The van der Waals surface area contributed by atoms with E-state index in [0.717, 1.165) is 12.2 Å². The number of rotatable bonds is 7. The van der Waals surface area contributed by atoms with E-state index < -0.39 is 17.7 Å².